The monoisotopic (exact) mass is 278 g/mol. The van der Waals surface area contributed by atoms with Gasteiger partial charge in [-0.15, -0.1) is 0 Å². The van der Waals surface area contributed by atoms with Gasteiger partial charge in [-0.25, -0.2) is 0 Å². The van der Waals surface area contributed by atoms with E-state index >= 15 is 0 Å². The van der Waals surface area contributed by atoms with Gasteiger partial charge in [0.25, 0.3) is 0 Å². The molecule has 2 radical (unpaired) electrons. The Balaban J connectivity index is 2.91. The summed E-state index contributed by atoms with van der Waals surface area (Å²) in [6.45, 7) is 4.04. The van der Waals surface area contributed by atoms with Gasteiger partial charge in [0.1, 0.15) is 0 Å². The van der Waals surface area contributed by atoms with E-state index in [4.69, 9.17) is 4.74 Å². The van der Waals surface area contributed by atoms with Crippen LogP contribution in [0.2, 0.25) is 5.54 Å². The van der Waals surface area contributed by atoms with Crippen molar-refractivity contribution in [3.63, 3.8) is 0 Å². The van der Waals surface area contributed by atoms with Gasteiger partial charge in [-0.05, 0) is 25.0 Å². The zero-order valence-corrected chi connectivity index (χ0v) is 12.6. The van der Waals surface area contributed by atoms with Crippen LogP contribution in [0, 0.1) is 13.8 Å². The lowest BCUT2D eigenvalue weighted by atomic mass is 10.1. The first-order valence-corrected chi connectivity index (χ1v) is 7.04. The Hall–Kier alpha value is -1.62. The van der Waals surface area contributed by atoms with Gasteiger partial charge in [0, 0.05) is 0 Å². The Morgan fingerprint density at radius 2 is 1.89 bits per heavy atom. The smallest absolute Gasteiger partial charge is 0.306 e. The Bertz CT molecular complexity index is 471. The second-order valence-corrected chi connectivity index (χ2v) is 5.77. The van der Waals surface area contributed by atoms with Crippen LogP contribution in [0.4, 0.5) is 0 Å². The summed E-state index contributed by atoms with van der Waals surface area (Å²) in [7, 11) is 2.85. The average molecular weight is 278 g/mol. The number of esters is 2. The molecule has 0 fully saturated rings. The molecular weight excluding hydrogens is 260 g/mol. The van der Waals surface area contributed by atoms with E-state index < -0.39 is 11.5 Å². The highest BCUT2D eigenvalue weighted by Crippen LogP contribution is 2.14. The van der Waals surface area contributed by atoms with Gasteiger partial charge in [0.2, 0.25) is 0 Å². The number of rotatable bonds is 5. The lowest BCUT2D eigenvalue weighted by molar-refractivity contribution is -0.147. The van der Waals surface area contributed by atoms with Gasteiger partial charge < -0.3 is 9.47 Å². The third-order valence-corrected chi connectivity index (χ3v) is 4.66. The minimum atomic E-state index is -0.474. The molecule has 0 saturated heterocycles. The molecule has 0 bridgehead atoms. The lowest BCUT2D eigenvalue weighted by Gasteiger charge is -2.14. The predicted molar refractivity (Wildman–Crippen MR) is 73.7 cm³/mol. The molecule has 1 rings (SSSR count). The Labute approximate surface area is 115 Å². The summed E-state index contributed by atoms with van der Waals surface area (Å²) in [6, 6.07) is 5.96. The Morgan fingerprint density at radius 1 is 1.21 bits per heavy atom. The number of hydrogen-bond donors (Lipinski definition) is 0. The molecule has 1 aromatic carbocycles. The number of aryl methyl sites for hydroxylation is 1. The largest absolute Gasteiger partial charge is 0.469 e. The molecule has 0 N–H and O–H groups in total. The first kappa shape index (κ1) is 15.4. The molecule has 0 heterocycles. The van der Waals surface area contributed by atoms with Crippen LogP contribution in [-0.4, -0.2) is 35.7 Å². The van der Waals surface area contributed by atoms with Gasteiger partial charge >= 0.3 is 11.9 Å². The summed E-state index contributed by atoms with van der Waals surface area (Å²) in [5.74, 6) is -0.766. The maximum absolute atomic E-state index is 11.7. The molecule has 1 unspecified atom stereocenters. The first-order valence-electron chi connectivity index (χ1n) is 5.97. The minimum absolute atomic E-state index is 0.0506. The van der Waals surface area contributed by atoms with Gasteiger partial charge in [-0.3, -0.25) is 9.59 Å². The highest BCUT2D eigenvalue weighted by molar-refractivity contribution is 6.59. The summed E-state index contributed by atoms with van der Waals surface area (Å²) < 4.78 is 9.39. The molecule has 1 atom stereocenters. The molecule has 0 spiro atoms. The second-order valence-electron chi connectivity index (χ2n) is 4.25. The molecule has 0 amide bonds. The topological polar surface area (TPSA) is 52.6 Å². The summed E-state index contributed by atoms with van der Waals surface area (Å²) in [6.07, 6.45) is 0.0506. The second kappa shape index (κ2) is 7.09. The van der Waals surface area contributed by atoms with Crippen LogP contribution in [0.3, 0.4) is 0 Å². The van der Waals surface area contributed by atoms with E-state index in [0.29, 0.717) is 0 Å². The van der Waals surface area contributed by atoms with Crippen LogP contribution in [0.1, 0.15) is 17.5 Å². The van der Waals surface area contributed by atoms with Crippen molar-refractivity contribution in [3.05, 3.63) is 29.3 Å². The molecular formula is C14H18O4Si. The van der Waals surface area contributed by atoms with Crippen molar-refractivity contribution >= 4 is 26.6 Å². The van der Waals surface area contributed by atoms with Crippen LogP contribution in [0.15, 0.2) is 18.2 Å². The molecule has 0 saturated carbocycles. The van der Waals surface area contributed by atoms with Gasteiger partial charge in [-0.2, -0.15) is 0 Å². The lowest BCUT2D eigenvalue weighted by Crippen LogP contribution is -2.30. The quantitative estimate of drug-likeness (QED) is 0.599. The molecule has 0 aromatic heterocycles. The molecule has 102 valence electrons. The Kier molecular flexibility index (Phi) is 5.76. The Morgan fingerprint density at radius 3 is 2.47 bits per heavy atom. The summed E-state index contributed by atoms with van der Waals surface area (Å²) >= 11 is 0. The van der Waals surface area contributed by atoms with E-state index in [1.807, 2.05) is 32.0 Å². The number of methoxy groups -OCH3 is 2. The molecule has 5 heteroatoms. The molecule has 4 nitrogen and oxygen atoms in total. The van der Waals surface area contributed by atoms with Crippen LogP contribution in [0.25, 0.3) is 0 Å². The third-order valence-electron chi connectivity index (χ3n) is 3.02. The first-order chi connectivity index (χ1) is 8.99. The zero-order chi connectivity index (χ0) is 14.4. The SMILES string of the molecule is COC(=O)CC([Si]c1cccc(C)c1C)C(=O)OC. The van der Waals surface area contributed by atoms with E-state index in [0.717, 1.165) is 10.8 Å². The van der Waals surface area contributed by atoms with Crippen molar-refractivity contribution in [2.45, 2.75) is 25.8 Å². The van der Waals surface area contributed by atoms with Gasteiger partial charge in [-0.1, -0.05) is 23.4 Å². The number of benzene rings is 1. The highest BCUT2D eigenvalue weighted by Gasteiger charge is 2.25. The fourth-order valence-corrected chi connectivity index (χ4v) is 3.17. The van der Waals surface area contributed by atoms with E-state index in [9.17, 15) is 9.59 Å². The van der Waals surface area contributed by atoms with Crippen LogP contribution < -0.4 is 5.19 Å². The van der Waals surface area contributed by atoms with Crippen LogP contribution in [0.5, 0.6) is 0 Å². The van der Waals surface area contributed by atoms with E-state index in [1.165, 1.54) is 19.8 Å². The number of ether oxygens (including phenoxy) is 2. The van der Waals surface area contributed by atoms with Crippen molar-refractivity contribution in [2.75, 3.05) is 14.2 Å². The minimum Gasteiger partial charge on any atom is -0.469 e. The van der Waals surface area contributed by atoms with Gasteiger partial charge in [0.15, 0.2) is 0 Å². The standard InChI is InChI=1S/C14H18O4Si/c1-9-6-5-7-11(10(9)2)19-12(14(16)18-4)8-13(15)17-3/h5-7,12H,8H2,1-4H3. The van der Waals surface area contributed by atoms with Crippen molar-refractivity contribution < 1.29 is 19.1 Å². The fraction of sp³-hybridized carbons (Fsp3) is 0.429. The maximum atomic E-state index is 11.7. The fourth-order valence-electron chi connectivity index (χ4n) is 1.68. The van der Waals surface area contributed by atoms with Crippen molar-refractivity contribution in [1.82, 2.24) is 0 Å². The summed E-state index contributed by atoms with van der Waals surface area (Å²) in [5.41, 5.74) is 1.85. The van der Waals surface area contributed by atoms with Crippen LogP contribution >= 0.6 is 0 Å². The highest BCUT2D eigenvalue weighted by atomic mass is 28.2. The van der Waals surface area contributed by atoms with Crippen molar-refractivity contribution in [3.8, 4) is 0 Å². The molecule has 19 heavy (non-hydrogen) atoms. The molecule has 0 aliphatic heterocycles. The summed E-state index contributed by atoms with van der Waals surface area (Å²) in [5, 5.41) is 1.08. The average Bonchev–Trinajstić information content (AvgIpc) is 2.41. The zero-order valence-electron chi connectivity index (χ0n) is 11.6. The van der Waals surface area contributed by atoms with E-state index in [-0.39, 0.29) is 21.9 Å². The number of carbonyl (C=O) groups is 2. The van der Waals surface area contributed by atoms with Crippen LogP contribution in [-0.2, 0) is 19.1 Å². The molecule has 0 aliphatic rings. The van der Waals surface area contributed by atoms with Crippen molar-refractivity contribution in [2.24, 2.45) is 0 Å². The maximum Gasteiger partial charge on any atom is 0.306 e. The van der Waals surface area contributed by atoms with E-state index in [1.54, 1.807) is 0 Å². The summed E-state index contributed by atoms with van der Waals surface area (Å²) in [4.78, 5) is 23.1. The van der Waals surface area contributed by atoms with Crippen molar-refractivity contribution in [1.29, 1.82) is 0 Å². The normalized spacial score (nSPS) is 11.8. The predicted octanol–water partition coefficient (Wildman–Crippen LogP) is 1.16. The number of carbonyl (C=O) groups excluding carboxylic acids is 2. The molecule has 0 aliphatic carbocycles. The third kappa shape index (κ3) is 4.20. The van der Waals surface area contributed by atoms with Gasteiger partial charge in [0.05, 0.1) is 35.7 Å². The van der Waals surface area contributed by atoms with E-state index in [2.05, 4.69) is 4.74 Å². The number of hydrogen-bond acceptors (Lipinski definition) is 4. The molecule has 1 aromatic rings.